The summed E-state index contributed by atoms with van der Waals surface area (Å²) < 4.78 is 7.71. The predicted molar refractivity (Wildman–Crippen MR) is 87.9 cm³/mol. The molecule has 0 N–H and O–H groups in total. The van der Waals surface area contributed by atoms with E-state index in [0.29, 0.717) is 19.8 Å². The third-order valence-electron chi connectivity index (χ3n) is 4.19. The molecule has 0 fully saturated rings. The molecule has 23 heavy (non-hydrogen) atoms. The van der Waals surface area contributed by atoms with Crippen molar-refractivity contribution < 1.29 is 9.53 Å². The third kappa shape index (κ3) is 3.57. The normalized spacial score (nSPS) is 14.0. The summed E-state index contributed by atoms with van der Waals surface area (Å²) in [4.78, 5) is 13.5. The van der Waals surface area contributed by atoms with Crippen molar-refractivity contribution in [2.24, 2.45) is 7.05 Å². The number of nitrogens with zero attached hydrogens (tertiary/aromatic N) is 3. The molecule has 1 aromatic heterocycles. The summed E-state index contributed by atoms with van der Waals surface area (Å²) >= 11 is 5.88. The van der Waals surface area contributed by atoms with E-state index >= 15 is 0 Å². The summed E-state index contributed by atoms with van der Waals surface area (Å²) in [7, 11) is 1.95. The summed E-state index contributed by atoms with van der Waals surface area (Å²) in [5.41, 5.74) is 4.32. The van der Waals surface area contributed by atoms with Crippen LogP contribution in [0.3, 0.4) is 0 Å². The van der Waals surface area contributed by atoms with Gasteiger partial charge in [0, 0.05) is 49.8 Å². The minimum absolute atomic E-state index is 0.104. The fourth-order valence-electron chi connectivity index (χ4n) is 2.90. The molecule has 0 saturated carbocycles. The van der Waals surface area contributed by atoms with Crippen LogP contribution in [0.25, 0.3) is 0 Å². The Kier molecular flexibility index (Phi) is 4.68. The first-order chi connectivity index (χ1) is 11.0. The lowest BCUT2D eigenvalue weighted by atomic mass is 10.1. The molecule has 5 nitrogen and oxygen atoms in total. The smallest absolute Gasteiger partial charge is 0.219 e. The SMILES string of the molecule is CC(=O)N1CCc2c(c(COCc3ccc(Cl)cc3)nn2C)C1. The minimum Gasteiger partial charge on any atom is -0.370 e. The maximum atomic E-state index is 11.6. The maximum absolute atomic E-state index is 11.6. The van der Waals surface area contributed by atoms with Gasteiger partial charge in [0.2, 0.25) is 5.91 Å². The average molecular weight is 334 g/mol. The molecular weight excluding hydrogens is 314 g/mol. The minimum atomic E-state index is 0.104. The van der Waals surface area contributed by atoms with Gasteiger partial charge in [-0.25, -0.2) is 0 Å². The Hall–Kier alpha value is -1.85. The van der Waals surface area contributed by atoms with Crippen LogP contribution in [0.1, 0.15) is 29.4 Å². The highest BCUT2D eigenvalue weighted by Gasteiger charge is 2.24. The van der Waals surface area contributed by atoms with E-state index in [1.165, 1.54) is 5.69 Å². The standard InChI is InChI=1S/C17H20ClN3O2/c1-12(22)21-8-7-17-15(9-21)16(19-20(17)2)11-23-10-13-3-5-14(18)6-4-13/h3-6H,7-11H2,1-2H3. The van der Waals surface area contributed by atoms with E-state index in [4.69, 9.17) is 16.3 Å². The number of fused-ring (bicyclic) bond motifs is 1. The summed E-state index contributed by atoms with van der Waals surface area (Å²) in [6.45, 7) is 3.94. The molecule has 1 aromatic carbocycles. The van der Waals surface area contributed by atoms with E-state index in [1.807, 2.05) is 40.9 Å². The van der Waals surface area contributed by atoms with Gasteiger partial charge < -0.3 is 9.64 Å². The van der Waals surface area contributed by atoms with Crippen molar-refractivity contribution in [3.63, 3.8) is 0 Å². The Morgan fingerprint density at radius 2 is 2.04 bits per heavy atom. The lowest BCUT2D eigenvalue weighted by molar-refractivity contribution is -0.129. The van der Waals surface area contributed by atoms with Crippen LogP contribution < -0.4 is 0 Å². The molecule has 0 bridgehead atoms. The molecular formula is C17H20ClN3O2. The van der Waals surface area contributed by atoms with Crippen molar-refractivity contribution in [1.29, 1.82) is 0 Å². The summed E-state index contributed by atoms with van der Waals surface area (Å²) in [5, 5.41) is 5.28. The second-order valence-corrected chi connectivity index (χ2v) is 6.24. The average Bonchev–Trinajstić information content (AvgIpc) is 2.85. The predicted octanol–water partition coefficient (Wildman–Crippen LogP) is 2.69. The lowest BCUT2D eigenvalue weighted by Gasteiger charge is -2.26. The first-order valence-corrected chi connectivity index (χ1v) is 8.03. The maximum Gasteiger partial charge on any atom is 0.219 e. The largest absolute Gasteiger partial charge is 0.370 e. The van der Waals surface area contributed by atoms with Crippen LogP contribution in [0, 0.1) is 0 Å². The van der Waals surface area contributed by atoms with Gasteiger partial charge in [-0.15, -0.1) is 0 Å². The van der Waals surface area contributed by atoms with Gasteiger partial charge in [0.05, 0.1) is 18.9 Å². The van der Waals surface area contributed by atoms with Crippen molar-refractivity contribution in [1.82, 2.24) is 14.7 Å². The fraction of sp³-hybridized carbons (Fsp3) is 0.412. The highest BCUT2D eigenvalue weighted by Crippen LogP contribution is 2.23. The van der Waals surface area contributed by atoms with Crippen molar-refractivity contribution in [2.75, 3.05) is 6.54 Å². The van der Waals surface area contributed by atoms with Crippen molar-refractivity contribution in [2.45, 2.75) is 33.1 Å². The second kappa shape index (κ2) is 6.72. The number of carbonyl (C=O) groups excluding carboxylic acids is 1. The highest BCUT2D eigenvalue weighted by atomic mass is 35.5. The number of ether oxygens (including phenoxy) is 1. The zero-order chi connectivity index (χ0) is 16.4. The highest BCUT2D eigenvalue weighted by molar-refractivity contribution is 6.30. The van der Waals surface area contributed by atoms with E-state index in [-0.39, 0.29) is 5.91 Å². The van der Waals surface area contributed by atoms with Gasteiger partial charge in [-0.2, -0.15) is 5.10 Å². The van der Waals surface area contributed by atoms with Gasteiger partial charge in [-0.3, -0.25) is 9.48 Å². The molecule has 0 spiro atoms. The number of aryl methyl sites for hydroxylation is 1. The Morgan fingerprint density at radius 3 is 2.74 bits per heavy atom. The number of hydrogen-bond donors (Lipinski definition) is 0. The number of amides is 1. The Morgan fingerprint density at radius 1 is 1.30 bits per heavy atom. The number of halogens is 1. The number of carbonyl (C=O) groups is 1. The van der Waals surface area contributed by atoms with Crippen molar-refractivity contribution in [3.05, 3.63) is 51.8 Å². The third-order valence-corrected chi connectivity index (χ3v) is 4.44. The van der Waals surface area contributed by atoms with E-state index in [1.54, 1.807) is 6.92 Å². The molecule has 0 aliphatic carbocycles. The molecule has 0 radical (unpaired) electrons. The first-order valence-electron chi connectivity index (χ1n) is 7.66. The number of hydrogen-bond acceptors (Lipinski definition) is 3. The van der Waals surface area contributed by atoms with Gasteiger partial charge >= 0.3 is 0 Å². The number of benzene rings is 1. The molecule has 0 atom stereocenters. The summed E-state index contributed by atoms with van der Waals surface area (Å²) in [6.07, 6.45) is 0.843. The van der Waals surface area contributed by atoms with Crippen molar-refractivity contribution >= 4 is 17.5 Å². The summed E-state index contributed by atoms with van der Waals surface area (Å²) in [5.74, 6) is 0.104. The molecule has 0 unspecified atom stereocenters. The van der Waals surface area contributed by atoms with Crippen LogP contribution in [0.4, 0.5) is 0 Å². The number of aromatic nitrogens is 2. The molecule has 6 heteroatoms. The molecule has 122 valence electrons. The van der Waals surface area contributed by atoms with Gasteiger partial charge in [-0.1, -0.05) is 23.7 Å². The lowest BCUT2D eigenvalue weighted by Crippen LogP contribution is -2.34. The molecule has 2 aromatic rings. The monoisotopic (exact) mass is 333 g/mol. The van der Waals surface area contributed by atoms with Crippen LogP contribution in [0.5, 0.6) is 0 Å². The zero-order valence-corrected chi connectivity index (χ0v) is 14.1. The van der Waals surface area contributed by atoms with Crippen LogP contribution in [0.2, 0.25) is 5.02 Å². The van der Waals surface area contributed by atoms with E-state index in [2.05, 4.69) is 5.10 Å². The molecule has 1 aliphatic rings. The van der Waals surface area contributed by atoms with Crippen LogP contribution in [-0.4, -0.2) is 27.1 Å². The Balaban J connectivity index is 1.67. The van der Waals surface area contributed by atoms with Crippen LogP contribution in [0.15, 0.2) is 24.3 Å². The molecule has 2 heterocycles. The quantitative estimate of drug-likeness (QED) is 0.864. The van der Waals surface area contributed by atoms with Crippen LogP contribution in [-0.2, 0) is 42.8 Å². The molecule has 1 amide bonds. The fourth-order valence-corrected chi connectivity index (χ4v) is 3.03. The van der Waals surface area contributed by atoms with E-state index < -0.39 is 0 Å². The topological polar surface area (TPSA) is 47.4 Å². The van der Waals surface area contributed by atoms with E-state index in [0.717, 1.165) is 34.8 Å². The van der Waals surface area contributed by atoms with Crippen LogP contribution >= 0.6 is 11.6 Å². The van der Waals surface area contributed by atoms with Gasteiger partial charge in [0.15, 0.2) is 0 Å². The van der Waals surface area contributed by atoms with Gasteiger partial charge in [0.1, 0.15) is 0 Å². The second-order valence-electron chi connectivity index (χ2n) is 5.81. The Bertz CT molecular complexity index is 709. The Labute approximate surface area is 140 Å². The molecule has 1 aliphatic heterocycles. The zero-order valence-electron chi connectivity index (χ0n) is 13.4. The molecule has 0 saturated heterocycles. The van der Waals surface area contributed by atoms with Gasteiger partial charge in [-0.05, 0) is 17.7 Å². The van der Waals surface area contributed by atoms with Gasteiger partial charge in [0.25, 0.3) is 0 Å². The first kappa shape index (κ1) is 16.0. The van der Waals surface area contributed by atoms with Crippen molar-refractivity contribution in [3.8, 4) is 0 Å². The van der Waals surface area contributed by atoms with E-state index in [9.17, 15) is 4.79 Å². The summed E-state index contributed by atoms with van der Waals surface area (Å²) in [6, 6.07) is 7.61. The molecule has 3 rings (SSSR count). The number of rotatable bonds is 4.